The zero-order chi connectivity index (χ0) is 15.4. The van der Waals surface area contributed by atoms with Crippen molar-refractivity contribution in [3.63, 3.8) is 0 Å². The van der Waals surface area contributed by atoms with Crippen molar-refractivity contribution in [2.45, 2.75) is 26.8 Å². The Hall–Kier alpha value is -2.30. The van der Waals surface area contributed by atoms with Gasteiger partial charge < -0.3 is 15.3 Å². The van der Waals surface area contributed by atoms with E-state index in [-0.39, 0.29) is 11.6 Å². The Kier molecular flexibility index (Phi) is 4.62. The number of carbonyl (C=O) groups excluding carboxylic acids is 1. The molecule has 2 N–H and O–H groups in total. The first-order chi connectivity index (χ1) is 9.97. The zero-order valence-electron chi connectivity index (χ0n) is 12.3. The second-order valence-electron chi connectivity index (χ2n) is 5.43. The van der Waals surface area contributed by atoms with E-state index in [2.05, 4.69) is 5.32 Å². The van der Waals surface area contributed by atoms with E-state index in [0.29, 0.717) is 19.6 Å². The molecule has 1 heterocycles. The SMILES string of the molecule is CC(C)=CCNC(=O)N1CCc2ccc(C(=O)O)cc2C1. The molecule has 1 aromatic carbocycles. The Bertz CT molecular complexity index is 589. The summed E-state index contributed by atoms with van der Waals surface area (Å²) in [5.41, 5.74) is 3.46. The number of carboxylic acid groups (broad SMARTS) is 1. The first-order valence-electron chi connectivity index (χ1n) is 6.98. The number of rotatable bonds is 3. The molecule has 5 nitrogen and oxygen atoms in total. The van der Waals surface area contributed by atoms with E-state index in [1.165, 1.54) is 0 Å². The van der Waals surface area contributed by atoms with Crippen LogP contribution in [0.2, 0.25) is 0 Å². The van der Waals surface area contributed by atoms with Crippen LogP contribution in [0.15, 0.2) is 29.8 Å². The van der Waals surface area contributed by atoms with E-state index in [4.69, 9.17) is 5.11 Å². The number of nitrogens with zero attached hydrogens (tertiary/aromatic N) is 1. The average molecular weight is 288 g/mol. The van der Waals surface area contributed by atoms with Gasteiger partial charge in [0, 0.05) is 19.6 Å². The number of hydrogen-bond donors (Lipinski definition) is 2. The number of aromatic carboxylic acids is 1. The van der Waals surface area contributed by atoms with Crippen LogP contribution < -0.4 is 5.32 Å². The molecule has 0 bridgehead atoms. The van der Waals surface area contributed by atoms with Gasteiger partial charge in [-0.2, -0.15) is 0 Å². The summed E-state index contributed by atoms with van der Waals surface area (Å²) in [4.78, 5) is 24.8. The molecule has 1 aliphatic heterocycles. The lowest BCUT2D eigenvalue weighted by atomic mass is 9.97. The van der Waals surface area contributed by atoms with Crippen LogP contribution in [0, 0.1) is 0 Å². The van der Waals surface area contributed by atoms with Crippen LogP contribution in [-0.4, -0.2) is 35.1 Å². The minimum absolute atomic E-state index is 0.112. The van der Waals surface area contributed by atoms with Crippen molar-refractivity contribution in [2.75, 3.05) is 13.1 Å². The number of benzene rings is 1. The lowest BCUT2D eigenvalue weighted by Gasteiger charge is -2.29. The smallest absolute Gasteiger partial charge is 0.335 e. The molecule has 1 aliphatic rings. The topological polar surface area (TPSA) is 69.6 Å². The third kappa shape index (κ3) is 3.84. The summed E-state index contributed by atoms with van der Waals surface area (Å²) in [7, 11) is 0. The Morgan fingerprint density at radius 1 is 1.33 bits per heavy atom. The van der Waals surface area contributed by atoms with Crippen molar-refractivity contribution >= 4 is 12.0 Å². The summed E-state index contributed by atoms with van der Waals surface area (Å²) in [6.45, 7) is 5.59. The fourth-order valence-corrected chi connectivity index (χ4v) is 2.32. The molecule has 0 spiro atoms. The number of amides is 2. The molecule has 112 valence electrons. The molecule has 0 aromatic heterocycles. The van der Waals surface area contributed by atoms with Crippen molar-refractivity contribution in [1.29, 1.82) is 0 Å². The number of fused-ring (bicyclic) bond motifs is 1. The van der Waals surface area contributed by atoms with Crippen molar-refractivity contribution in [1.82, 2.24) is 10.2 Å². The fourth-order valence-electron chi connectivity index (χ4n) is 2.32. The molecule has 0 aliphatic carbocycles. The summed E-state index contributed by atoms with van der Waals surface area (Å²) in [6, 6.07) is 5.01. The van der Waals surface area contributed by atoms with E-state index in [0.717, 1.165) is 23.1 Å². The standard InChI is InChI=1S/C16H20N2O3/c1-11(2)5-7-17-16(21)18-8-6-12-3-4-13(15(19)20)9-14(12)10-18/h3-5,9H,6-8,10H2,1-2H3,(H,17,21)(H,19,20). The first-order valence-corrected chi connectivity index (χ1v) is 6.98. The van der Waals surface area contributed by atoms with Crippen LogP contribution in [0.25, 0.3) is 0 Å². The Morgan fingerprint density at radius 3 is 2.76 bits per heavy atom. The van der Waals surface area contributed by atoms with E-state index >= 15 is 0 Å². The number of carboxylic acids is 1. The van der Waals surface area contributed by atoms with Gasteiger partial charge in [-0.15, -0.1) is 0 Å². The van der Waals surface area contributed by atoms with E-state index < -0.39 is 5.97 Å². The van der Waals surface area contributed by atoms with Gasteiger partial charge in [0.15, 0.2) is 0 Å². The maximum Gasteiger partial charge on any atom is 0.335 e. The highest BCUT2D eigenvalue weighted by atomic mass is 16.4. The summed E-state index contributed by atoms with van der Waals surface area (Å²) in [5.74, 6) is -0.942. The average Bonchev–Trinajstić information content (AvgIpc) is 2.45. The zero-order valence-corrected chi connectivity index (χ0v) is 12.3. The molecule has 0 unspecified atom stereocenters. The molecule has 0 saturated heterocycles. The third-order valence-electron chi connectivity index (χ3n) is 3.52. The largest absolute Gasteiger partial charge is 0.478 e. The van der Waals surface area contributed by atoms with Gasteiger partial charge in [0.25, 0.3) is 0 Å². The highest BCUT2D eigenvalue weighted by Gasteiger charge is 2.21. The maximum atomic E-state index is 12.1. The molecule has 0 atom stereocenters. The summed E-state index contributed by atoms with van der Waals surface area (Å²) >= 11 is 0. The molecule has 0 fully saturated rings. The van der Waals surface area contributed by atoms with Crippen molar-refractivity contribution in [3.8, 4) is 0 Å². The van der Waals surface area contributed by atoms with E-state index in [1.807, 2.05) is 26.0 Å². The van der Waals surface area contributed by atoms with Crippen LogP contribution in [0.1, 0.15) is 35.3 Å². The molecule has 5 heteroatoms. The fraction of sp³-hybridized carbons (Fsp3) is 0.375. The van der Waals surface area contributed by atoms with Crippen LogP contribution in [0.3, 0.4) is 0 Å². The van der Waals surface area contributed by atoms with Gasteiger partial charge >= 0.3 is 12.0 Å². The van der Waals surface area contributed by atoms with Gasteiger partial charge in [0.1, 0.15) is 0 Å². The summed E-state index contributed by atoms with van der Waals surface area (Å²) in [5, 5.41) is 11.9. The lowest BCUT2D eigenvalue weighted by Crippen LogP contribution is -2.42. The van der Waals surface area contributed by atoms with Gasteiger partial charge in [-0.3, -0.25) is 0 Å². The molecule has 2 amide bonds. The van der Waals surface area contributed by atoms with Crippen molar-refractivity contribution in [3.05, 3.63) is 46.5 Å². The van der Waals surface area contributed by atoms with Crippen LogP contribution in [0.5, 0.6) is 0 Å². The van der Waals surface area contributed by atoms with Crippen LogP contribution >= 0.6 is 0 Å². The minimum atomic E-state index is -0.942. The van der Waals surface area contributed by atoms with Gasteiger partial charge in [-0.25, -0.2) is 9.59 Å². The normalized spacial score (nSPS) is 13.3. The highest BCUT2D eigenvalue weighted by Crippen LogP contribution is 2.20. The molecular formula is C16H20N2O3. The Balaban J connectivity index is 2.04. The maximum absolute atomic E-state index is 12.1. The van der Waals surface area contributed by atoms with Crippen molar-refractivity contribution < 1.29 is 14.7 Å². The molecule has 1 aromatic rings. The minimum Gasteiger partial charge on any atom is -0.478 e. The quantitative estimate of drug-likeness (QED) is 0.839. The number of urea groups is 1. The number of hydrogen-bond acceptors (Lipinski definition) is 2. The molecule has 2 rings (SSSR count). The van der Waals surface area contributed by atoms with Crippen molar-refractivity contribution in [2.24, 2.45) is 0 Å². The molecule has 21 heavy (non-hydrogen) atoms. The second kappa shape index (κ2) is 6.43. The second-order valence-corrected chi connectivity index (χ2v) is 5.43. The summed E-state index contributed by atoms with van der Waals surface area (Å²) < 4.78 is 0. The Morgan fingerprint density at radius 2 is 2.10 bits per heavy atom. The monoisotopic (exact) mass is 288 g/mol. The van der Waals surface area contributed by atoms with E-state index in [1.54, 1.807) is 17.0 Å². The first kappa shape index (κ1) is 15.1. The lowest BCUT2D eigenvalue weighted by molar-refractivity contribution is 0.0696. The Labute approximate surface area is 124 Å². The number of carbonyl (C=O) groups is 2. The van der Waals surface area contributed by atoms with Crippen LogP contribution in [0.4, 0.5) is 4.79 Å². The van der Waals surface area contributed by atoms with Gasteiger partial charge in [-0.05, 0) is 43.5 Å². The van der Waals surface area contributed by atoms with E-state index in [9.17, 15) is 9.59 Å². The predicted octanol–water partition coefficient (Wildman–Crippen LogP) is 2.42. The molecule has 0 radical (unpaired) electrons. The molecular weight excluding hydrogens is 268 g/mol. The number of nitrogens with one attached hydrogen (secondary N) is 1. The number of allylic oxidation sites excluding steroid dienone is 1. The van der Waals surface area contributed by atoms with Gasteiger partial charge in [0.2, 0.25) is 0 Å². The third-order valence-corrected chi connectivity index (χ3v) is 3.52. The van der Waals surface area contributed by atoms with Gasteiger partial charge in [-0.1, -0.05) is 17.7 Å². The summed E-state index contributed by atoms with van der Waals surface area (Å²) in [6.07, 6.45) is 2.71. The van der Waals surface area contributed by atoms with Gasteiger partial charge in [0.05, 0.1) is 5.56 Å². The molecule has 0 saturated carbocycles. The van der Waals surface area contributed by atoms with Crippen LogP contribution in [-0.2, 0) is 13.0 Å². The predicted molar refractivity (Wildman–Crippen MR) is 80.3 cm³/mol. The highest BCUT2D eigenvalue weighted by molar-refractivity contribution is 5.88.